The lowest BCUT2D eigenvalue weighted by Gasteiger charge is -2.30. The van der Waals surface area contributed by atoms with Crippen molar-refractivity contribution in [2.24, 2.45) is 5.92 Å². The number of carbonyl (C=O) groups is 1. The van der Waals surface area contributed by atoms with Crippen molar-refractivity contribution in [3.05, 3.63) is 46.4 Å². The molecule has 2 unspecified atom stereocenters. The minimum Gasteiger partial charge on any atom is -0.348 e. The number of halogens is 1. The van der Waals surface area contributed by atoms with Gasteiger partial charge in [0.2, 0.25) is 0 Å². The predicted molar refractivity (Wildman–Crippen MR) is 93.0 cm³/mol. The van der Waals surface area contributed by atoms with Gasteiger partial charge in [-0.3, -0.25) is 4.79 Å². The van der Waals surface area contributed by atoms with E-state index in [-0.39, 0.29) is 24.4 Å². The van der Waals surface area contributed by atoms with Crippen molar-refractivity contribution in [3.63, 3.8) is 0 Å². The molecule has 22 heavy (non-hydrogen) atoms. The molecule has 2 N–H and O–H groups in total. The van der Waals surface area contributed by atoms with Gasteiger partial charge in [0.05, 0.1) is 6.54 Å². The molecule has 3 heterocycles. The number of nitrogens with one attached hydrogen (secondary N) is 2. The summed E-state index contributed by atoms with van der Waals surface area (Å²) in [4.78, 5) is 13.8. The average Bonchev–Trinajstić information content (AvgIpc) is 3.13. The van der Waals surface area contributed by atoms with Crippen LogP contribution >= 0.6 is 23.7 Å². The Bertz CT molecular complexity index is 596. The molecular formula is C16H22ClN3OS. The van der Waals surface area contributed by atoms with Gasteiger partial charge in [0.15, 0.2) is 0 Å². The Morgan fingerprint density at radius 2 is 2.32 bits per heavy atom. The minimum absolute atomic E-state index is 0. The molecule has 1 aliphatic heterocycles. The van der Waals surface area contributed by atoms with E-state index >= 15 is 0 Å². The molecule has 2 atom stereocenters. The highest BCUT2D eigenvalue weighted by molar-refractivity contribution is 7.09. The summed E-state index contributed by atoms with van der Waals surface area (Å²) in [7, 11) is 0. The van der Waals surface area contributed by atoms with Crippen LogP contribution in [-0.2, 0) is 6.54 Å². The van der Waals surface area contributed by atoms with Gasteiger partial charge in [0.25, 0.3) is 5.91 Å². The normalized spacial score (nSPS) is 21.1. The Labute approximate surface area is 141 Å². The van der Waals surface area contributed by atoms with Crippen LogP contribution in [-0.4, -0.2) is 29.6 Å². The monoisotopic (exact) mass is 339 g/mol. The van der Waals surface area contributed by atoms with E-state index in [0.29, 0.717) is 5.92 Å². The summed E-state index contributed by atoms with van der Waals surface area (Å²) in [5.41, 5.74) is 0.745. The van der Waals surface area contributed by atoms with Crippen molar-refractivity contribution in [2.45, 2.75) is 25.9 Å². The van der Waals surface area contributed by atoms with E-state index in [1.807, 2.05) is 29.0 Å². The lowest BCUT2D eigenvalue weighted by molar-refractivity contribution is 0.0905. The zero-order valence-corrected chi connectivity index (χ0v) is 14.3. The maximum atomic E-state index is 12.5. The highest BCUT2D eigenvalue weighted by Gasteiger charge is 2.24. The fourth-order valence-electron chi connectivity index (χ4n) is 2.80. The van der Waals surface area contributed by atoms with Gasteiger partial charge in [-0.25, -0.2) is 0 Å². The fraction of sp³-hybridized carbons (Fsp3) is 0.438. The summed E-state index contributed by atoms with van der Waals surface area (Å²) in [6, 6.07) is 8.24. The van der Waals surface area contributed by atoms with Crippen LogP contribution in [0.5, 0.6) is 0 Å². The van der Waals surface area contributed by atoms with Gasteiger partial charge in [-0.2, -0.15) is 0 Å². The van der Waals surface area contributed by atoms with Crippen LogP contribution < -0.4 is 10.6 Å². The van der Waals surface area contributed by atoms with Crippen LogP contribution in [0, 0.1) is 5.92 Å². The van der Waals surface area contributed by atoms with Crippen LogP contribution in [0.3, 0.4) is 0 Å². The van der Waals surface area contributed by atoms with Gasteiger partial charge >= 0.3 is 0 Å². The lowest BCUT2D eigenvalue weighted by Crippen LogP contribution is -2.48. The van der Waals surface area contributed by atoms with Gasteiger partial charge in [0, 0.05) is 17.1 Å². The first kappa shape index (κ1) is 17.1. The Morgan fingerprint density at radius 1 is 1.45 bits per heavy atom. The van der Waals surface area contributed by atoms with Crippen molar-refractivity contribution < 1.29 is 4.79 Å². The van der Waals surface area contributed by atoms with E-state index in [2.05, 4.69) is 29.0 Å². The molecule has 0 saturated carbocycles. The number of hydrogen-bond acceptors (Lipinski definition) is 3. The van der Waals surface area contributed by atoms with E-state index in [1.165, 1.54) is 4.88 Å². The van der Waals surface area contributed by atoms with Crippen molar-refractivity contribution in [3.8, 4) is 0 Å². The van der Waals surface area contributed by atoms with Crippen LogP contribution in [0.2, 0.25) is 0 Å². The summed E-state index contributed by atoms with van der Waals surface area (Å²) < 4.78 is 2.02. The van der Waals surface area contributed by atoms with Gasteiger partial charge < -0.3 is 15.2 Å². The first-order chi connectivity index (χ1) is 10.2. The molecule has 0 radical (unpaired) electrons. The second-order valence-electron chi connectivity index (χ2n) is 5.65. The minimum atomic E-state index is 0. The number of aromatic nitrogens is 1. The second kappa shape index (κ2) is 7.81. The SMILES string of the molecule is CC1CNCCC1NC(=O)c1cccn1Cc1cccs1.Cl. The van der Waals surface area contributed by atoms with Crippen LogP contribution in [0.4, 0.5) is 0 Å². The van der Waals surface area contributed by atoms with E-state index < -0.39 is 0 Å². The molecule has 6 heteroatoms. The quantitative estimate of drug-likeness (QED) is 0.899. The molecule has 1 fully saturated rings. The molecule has 0 aromatic carbocycles. The zero-order valence-electron chi connectivity index (χ0n) is 12.6. The van der Waals surface area contributed by atoms with Crippen LogP contribution in [0.25, 0.3) is 0 Å². The van der Waals surface area contributed by atoms with E-state index in [0.717, 1.165) is 31.7 Å². The number of piperidine rings is 1. The van der Waals surface area contributed by atoms with Crippen LogP contribution in [0.1, 0.15) is 28.7 Å². The van der Waals surface area contributed by atoms with Crippen molar-refractivity contribution >= 4 is 29.7 Å². The predicted octanol–water partition coefficient (Wildman–Crippen LogP) is 2.75. The van der Waals surface area contributed by atoms with Crippen molar-refractivity contribution in [1.82, 2.24) is 15.2 Å². The summed E-state index contributed by atoms with van der Waals surface area (Å²) in [6.07, 6.45) is 2.97. The van der Waals surface area contributed by atoms with Gasteiger partial charge in [-0.15, -0.1) is 23.7 Å². The smallest absolute Gasteiger partial charge is 0.268 e. The summed E-state index contributed by atoms with van der Waals surface area (Å²) in [5, 5.41) is 8.62. The number of nitrogens with zero attached hydrogens (tertiary/aromatic N) is 1. The number of thiophene rings is 1. The number of amides is 1. The van der Waals surface area contributed by atoms with E-state index in [1.54, 1.807) is 11.3 Å². The van der Waals surface area contributed by atoms with Gasteiger partial charge in [-0.1, -0.05) is 13.0 Å². The molecule has 1 saturated heterocycles. The Kier molecular flexibility index (Phi) is 6.06. The third-order valence-electron chi connectivity index (χ3n) is 4.07. The molecular weight excluding hydrogens is 318 g/mol. The molecule has 3 rings (SSSR count). The first-order valence-corrected chi connectivity index (χ1v) is 8.31. The lowest BCUT2D eigenvalue weighted by atomic mass is 9.95. The van der Waals surface area contributed by atoms with E-state index in [9.17, 15) is 4.79 Å². The second-order valence-corrected chi connectivity index (χ2v) is 6.68. The van der Waals surface area contributed by atoms with E-state index in [4.69, 9.17) is 0 Å². The highest BCUT2D eigenvalue weighted by atomic mass is 35.5. The topological polar surface area (TPSA) is 46.1 Å². The molecule has 0 bridgehead atoms. The Hall–Kier alpha value is -1.30. The van der Waals surface area contributed by atoms with Crippen LogP contribution in [0.15, 0.2) is 35.8 Å². The van der Waals surface area contributed by atoms with Crippen molar-refractivity contribution in [1.29, 1.82) is 0 Å². The van der Waals surface area contributed by atoms with Gasteiger partial charge in [-0.05, 0) is 49.0 Å². The Morgan fingerprint density at radius 3 is 3.05 bits per heavy atom. The highest BCUT2D eigenvalue weighted by Crippen LogP contribution is 2.15. The average molecular weight is 340 g/mol. The summed E-state index contributed by atoms with van der Waals surface area (Å²) in [6.45, 7) is 4.89. The number of hydrogen-bond donors (Lipinski definition) is 2. The molecule has 1 aliphatic rings. The van der Waals surface area contributed by atoms with Gasteiger partial charge in [0.1, 0.15) is 5.69 Å². The maximum absolute atomic E-state index is 12.5. The summed E-state index contributed by atoms with van der Waals surface area (Å²) >= 11 is 1.72. The molecule has 4 nitrogen and oxygen atoms in total. The maximum Gasteiger partial charge on any atom is 0.268 e. The number of carbonyl (C=O) groups excluding carboxylic acids is 1. The first-order valence-electron chi connectivity index (χ1n) is 7.43. The molecule has 0 spiro atoms. The molecule has 2 aromatic rings. The molecule has 0 aliphatic carbocycles. The third kappa shape index (κ3) is 3.91. The molecule has 120 valence electrons. The standard InChI is InChI=1S/C16H21N3OS.ClH/c1-12-10-17-7-6-14(12)18-16(20)15-5-2-8-19(15)11-13-4-3-9-21-13;/h2-5,8-9,12,14,17H,6-7,10-11H2,1H3,(H,18,20);1H. The largest absolute Gasteiger partial charge is 0.348 e. The number of rotatable bonds is 4. The third-order valence-corrected chi connectivity index (χ3v) is 4.93. The zero-order chi connectivity index (χ0) is 14.7. The molecule has 2 aromatic heterocycles. The molecule has 1 amide bonds. The summed E-state index contributed by atoms with van der Waals surface area (Å²) in [5.74, 6) is 0.513. The van der Waals surface area contributed by atoms with Crippen molar-refractivity contribution in [2.75, 3.05) is 13.1 Å². The Balaban J connectivity index is 0.00000176. The fourth-order valence-corrected chi connectivity index (χ4v) is 3.50.